The Balaban J connectivity index is 2.64. The summed E-state index contributed by atoms with van der Waals surface area (Å²) in [6.07, 6.45) is 9.92. The van der Waals surface area contributed by atoms with Gasteiger partial charge in [-0.05, 0) is 46.7 Å². The molecule has 0 bridgehead atoms. The number of ether oxygens (including phenoxy) is 1. The molecule has 1 saturated heterocycles. The number of unbranched alkanes of at least 4 members (excludes halogenated alkanes) is 6. The maximum atomic E-state index is 13.0. The van der Waals surface area contributed by atoms with Gasteiger partial charge in [-0.3, -0.25) is 14.5 Å². The Morgan fingerprint density at radius 2 is 1.72 bits per heavy atom. The second kappa shape index (κ2) is 14.5. The lowest BCUT2D eigenvalue weighted by atomic mass is 9.94. The first kappa shape index (κ1) is 28.4. The highest BCUT2D eigenvalue weighted by Crippen LogP contribution is 2.26. The summed E-state index contributed by atoms with van der Waals surface area (Å²) in [5.74, 6) is -0.352. The number of esters is 1. The average Bonchev–Trinajstić information content (AvgIpc) is 2.95. The van der Waals surface area contributed by atoms with Gasteiger partial charge in [0.1, 0.15) is 6.04 Å². The van der Waals surface area contributed by atoms with E-state index in [-0.39, 0.29) is 24.6 Å². The third kappa shape index (κ3) is 9.86. The van der Waals surface area contributed by atoms with Crippen molar-refractivity contribution in [3.63, 3.8) is 0 Å². The van der Waals surface area contributed by atoms with Crippen LogP contribution in [-0.4, -0.2) is 83.8 Å². The van der Waals surface area contributed by atoms with Crippen LogP contribution in [0, 0.1) is 0 Å². The SMILES string of the molecule is CCCCCCC(C)(O)CCN1C(=O)N(CN(C)C)C(=O)C1CCCCCCC(=O)OC. The molecule has 3 amide bonds. The fourth-order valence-electron chi connectivity index (χ4n) is 4.12. The van der Waals surface area contributed by atoms with Crippen LogP contribution in [-0.2, 0) is 14.3 Å². The van der Waals surface area contributed by atoms with E-state index in [9.17, 15) is 19.5 Å². The van der Waals surface area contributed by atoms with Gasteiger partial charge in [0.15, 0.2) is 0 Å². The van der Waals surface area contributed by atoms with Gasteiger partial charge in [-0.2, -0.15) is 0 Å². The predicted molar refractivity (Wildman–Crippen MR) is 125 cm³/mol. The molecule has 0 saturated carbocycles. The van der Waals surface area contributed by atoms with E-state index in [0.717, 1.165) is 51.4 Å². The third-order valence-electron chi connectivity index (χ3n) is 6.12. The molecule has 1 aliphatic heterocycles. The minimum atomic E-state index is -0.843. The van der Waals surface area contributed by atoms with Crippen molar-refractivity contribution in [3.05, 3.63) is 0 Å². The van der Waals surface area contributed by atoms with E-state index < -0.39 is 11.6 Å². The normalized spacial score (nSPS) is 18.5. The highest BCUT2D eigenvalue weighted by molar-refractivity contribution is 6.04. The Hall–Kier alpha value is -1.67. The number of carbonyl (C=O) groups excluding carboxylic acids is 3. The molecule has 2 atom stereocenters. The molecule has 0 aromatic carbocycles. The smallest absolute Gasteiger partial charge is 0.328 e. The summed E-state index contributed by atoms with van der Waals surface area (Å²) >= 11 is 0. The van der Waals surface area contributed by atoms with E-state index >= 15 is 0 Å². The van der Waals surface area contributed by atoms with Crippen LogP contribution in [0.2, 0.25) is 0 Å². The number of methoxy groups -OCH3 is 1. The minimum Gasteiger partial charge on any atom is -0.469 e. The van der Waals surface area contributed by atoms with Gasteiger partial charge in [0, 0.05) is 13.0 Å². The van der Waals surface area contributed by atoms with Crippen LogP contribution in [0.5, 0.6) is 0 Å². The lowest BCUT2D eigenvalue weighted by Gasteiger charge is -2.28. The van der Waals surface area contributed by atoms with Gasteiger partial charge in [-0.15, -0.1) is 0 Å². The first-order valence-electron chi connectivity index (χ1n) is 12.2. The van der Waals surface area contributed by atoms with E-state index in [2.05, 4.69) is 11.7 Å². The van der Waals surface area contributed by atoms with Gasteiger partial charge >= 0.3 is 12.0 Å². The van der Waals surface area contributed by atoms with Gasteiger partial charge in [0.25, 0.3) is 5.91 Å². The second-order valence-electron chi connectivity index (χ2n) is 9.57. The van der Waals surface area contributed by atoms with Gasteiger partial charge in [0.2, 0.25) is 0 Å². The number of aliphatic hydroxyl groups is 1. The highest BCUT2D eigenvalue weighted by Gasteiger charge is 2.44. The molecule has 0 aromatic heterocycles. The van der Waals surface area contributed by atoms with Crippen LogP contribution in [0.1, 0.15) is 90.9 Å². The van der Waals surface area contributed by atoms with Crippen molar-refractivity contribution in [1.82, 2.24) is 14.7 Å². The molecule has 1 aliphatic rings. The molecule has 0 aliphatic carbocycles. The summed E-state index contributed by atoms with van der Waals surface area (Å²) in [5.41, 5.74) is -0.843. The summed E-state index contributed by atoms with van der Waals surface area (Å²) in [6, 6.07) is -0.736. The molecule has 0 aromatic rings. The molecule has 32 heavy (non-hydrogen) atoms. The van der Waals surface area contributed by atoms with Crippen molar-refractivity contribution in [2.45, 2.75) is 103 Å². The Labute approximate surface area is 194 Å². The minimum absolute atomic E-state index is 0.152. The molecule has 0 spiro atoms. The van der Waals surface area contributed by atoms with Crippen LogP contribution in [0.15, 0.2) is 0 Å². The van der Waals surface area contributed by atoms with Crippen LogP contribution in [0.4, 0.5) is 4.79 Å². The number of nitrogens with zero attached hydrogens (tertiary/aromatic N) is 3. The van der Waals surface area contributed by atoms with E-state index in [4.69, 9.17) is 0 Å². The molecule has 186 valence electrons. The summed E-state index contributed by atoms with van der Waals surface area (Å²) in [5, 5.41) is 10.8. The highest BCUT2D eigenvalue weighted by atomic mass is 16.5. The van der Waals surface area contributed by atoms with Crippen LogP contribution < -0.4 is 0 Å². The first-order chi connectivity index (χ1) is 15.1. The van der Waals surface area contributed by atoms with E-state index in [1.54, 1.807) is 4.90 Å². The van der Waals surface area contributed by atoms with Crippen molar-refractivity contribution >= 4 is 17.9 Å². The maximum absolute atomic E-state index is 13.0. The number of rotatable bonds is 17. The number of carbonyl (C=O) groups is 3. The fourth-order valence-corrected chi connectivity index (χ4v) is 4.12. The quantitative estimate of drug-likeness (QED) is 0.204. The lowest BCUT2D eigenvalue weighted by molar-refractivity contribution is -0.140. The molecule has 8 heteroatoms. The van der Waals surface area contributed by atoms with Crippen LogP contribution in [0.3, 0.4) is 0 Å². The second-order valence-corrected chi connectivity index (χ2v) is 9.57. The van der Waals surface area contributed by atoms with Crippen LogP contribution >= 0.6 is 0 Å². The van der Waals surface area contributed by atoms with Crippen molar-refractivity contribution in [3.8, 4) is 0 Å². The molecular formula is C24H45N3O5. The van der Waals surface area contributed by atoms with Crippen LogP contribution in [0.25, 0.3) is 0 Å². The molecule has 8 nitrogen and oxygen atoms in total. The average molecular weight is 456 g/mol. The number of imide groups is 1. The summed E-state index contributed by atoms with van der Waals surface area (Å²) in [7, 11) is 5.06. The molecule has 1 fully saturated rings. The molecule has 2 unspecified atom stereocenters. The number of urea groups is 1. The molecule has 1 heterocycles. The van der Waals surface area contributed by atoms with Crippen molar-refractivity contribution in [2.75, 3.05) is 34.4 Å². The Morgan fingerprint density at radius 1 is 1.06 bits per heavy atom. The Bertz CT molecular complexity index is 594. The van der Waals surface area contributed by atoms with E-state index in [0.29, 0.717) is 32.2 Å². The molecule has 0 radical (unpaired) electrons. The zero-order chi connectivity index (χ0) is 24.1. The van der Waals surface area contributed by atoms with E-state index in [1.165, 1.54) is 12.0 Å². The summed E-state index contributed by atoms with van der Waals surface area (Å²) < 4.78 is 4.65. The molecular weight excluding hydrogens is 410 g/mol. The first-order valence-corrected chi connectivity index (χ1v) is 12.2. The largest absolute Gasteiger partial charge is 0.469 e. The molecule has 1 rings (SSSR count). The van der Waals surface area contributed by atoms with Crippen molar-refractivity contribution < 1.29 is 24.2 Å². The maximum Gasteiger partial charge on any atom is 0.328 e. The number of amides is 3. The van der Waals surface area contributed by atoms with Gasteiger partial charge in [-0.25, -0.2) is 9.69 Å². The molecule has 1 N–H and O–H groups in total. The zero-order valence-corrected chi connectivity index (χ0v) is 20.9. The monoisotopic (exact) mass is 455 g/mol. The number of hydrogen-bond acceptors (Lipinski definition) is 6. The van der Waals surface area contributed by atoms with Gasteiger partial charge < -0.3 is 14.7 Å². The standard InChI is InChI=1S/C24H45N3O5/c1-6-7-8-13-16-24(2,31)17-18-26-20(14-11-9-10-12-15-21(28)32-5)22(29)27(23(26)30)19-25(3)4/h20,31H,6-19H2,1-5H3. The zero-order valence-electron chi connectivity index (χ0n) is 20.9. The number of hydrogen-bond donors (Lipinski definition) is 1. The lowest BCUT2D eigenvalue weighted by Crippen LogP contribution is -2.41. The summed E-state index contributed by atoms with van der Waals surface area (Å²) in [4.78, 5) is 42.0. The Kier molecular flexibility index (Phi) is 12.8. The topological polar surface area (TPSA) is 90.4 Å². The van der Waals surface area contributed by atoms with E-state index in [1.807, 2.05) is 25.9 Å². The third-order valence-corrected chi connectivity index (χ3v) is 6.12. The van der Waals surface area contributed by atoms with Gasteiger partial charge in [0.05, 0.1) is 19.4 Å². The summed E-state index contributed by atoms with van der Waals surface area (Å²) in [6.45, 7) is 4.63. The van der Waals surface area contributed by atoms with Crippen molar-refractivity contribution in [2.24, 2.45) is 0 Å². The van der Waals surface area contributed by atoms with Crippen molar-refractivity contribution in [1.29, 1.82) is 0 Å². The predicted octanol–water partition coefficient (Wildman–Crippen LogP) is 3.76. The Morgan fingerprint density at radius 3 is 2.34 bits per heavy atom. The fraction of sp³-hybridized carbons (Fsp3) is 0.875. The van der Waals surface area contributed by atoms with Gasteiger partial charge in [-0.1, -0.05) is 51.9 Å².